The van der Waals surface area contributed by atoms with E-state index in [1.54, 1.807) is 44.4 Å². The quantitative estimate of drug-likeness (QED) is 0.800. The molecule has 0 atom stereocenters. The molecule has 3 rings (SSSR count). The molecule has 0 fully saturated rings. The van der Waals surface area contributed by atoms with Crippen LogP contribution in [0.4, 0.5) is 5.69 Å². The SMILES string of the molecule is COc1ccc(S(=O)(=O)Nc2ccc3ncoc3c2)cc1C. The highest BCUT2D eigenvalue weighted by Crippen LogP contribution is 2.24. The van der Waals surface area contributed by atoms with Gasteiger partial charge in [0.2, 0.25) is 0 Å². The fraction of sp³-hybridized carbons (Fsp3) is 0.133. The van der Waals surface area contributed by atoms with Crippen molar-refractivity contribution in [2.24, 2.45) is 0 Å². The van der Waals surface area contributed by atoms with Gasteiger partial charge in [-0.15, -0.1) is 0 Å². The molecule has 0 radical (unpaired) electrons. The molecule has 0 amide bonds. The van der Waals surface area contributed by atoms with E-state index in [-0.39, 0.29) is 4.90 Å². The first-order valence-electron chi connectivity index (χ1n) is 6.50. The van der Waals surface area contributed by atoms with Gasteiger partial charge in [0.05, 0.1) is 17.7 Å². The minimum Gasteiger partial charge on any atom is -0.496 e. The van der Waals surface area contributed by atoms with E-state index in [9.17, 15) is 8.42 Å². The Labute approximate surface area is 127 Å². The molecule has 7 heteroatoms. The van der Waals surface area contributed by atoms with Gasteiger partial charge in [-0.05, 0) is 42.8 Å². The van der Waals surface area contributed by atoms with Crippen LogP contribution in [0.15, 0.2) is 52.1 Å². The molecule has 0 saturated carbocycles. The fourth-order valence-electron chi connectivity index (χ4n) is 2.15. The van der Waals surface area contributed by atoms with E-state index < -0.39 is 10.0 Å². The van der Waals surface area contributed by atoms with Crippen molar-refractivity contribution in [3.63, 3.8) is 0 Å². The monoisotopic (exact) mass is 318 g/mol. The smallest absolute Gasteiger partial charge is 0.261 e. The highest BCUT2D eigenvalue weighted by Gasteiger charge is 2.16. The molecular weight excluding hydrogens is 304 g/mol. The first kappa shape index (κ1) is 14.4. The average Bonchev–Trinajstić information content (AvgIpc) is 2.94. The van der Waals surface area contributed by atoms with Crippen LogP contribution in [0, 0.1) is 6.92 Å². The average molecular weight is 318 g/mol. The number of fused-ring (bicyclic) bond motifs is 1. The van der Waals surface area contributed by atoms with Gasteiger partial charge in [-0.2, -0.15) is 0 Å². The minimum atomic E-state index is -3.68. The summed E-state index contributed by atoms with van der Waals surface area (Å²) in [5.41, 5.74) is 2.35. The molecule has 0 unspecified atom stereocenters. The summed E-state index contributed by atoms with van der Waals surface area (Å²) < 4.78 is 37.7. The van der Waals surface area contributed by atoms with Gasteiger partial charge in [0.15, 0.2) is 12.0 Å². The summed E-state index contributed by atoms with van der Waals surface area (Å²) >= 11 is 0. The number of benzene rings is 2. The van der Waals surface area contributed by atoms with E-state index in [0.717, 1.165) is 5.56 Å². The highest BCUT2D eigenvalue weighted by molar-refractivity contribution is 7.92. The van der Waals surface area contributed by atoms with Gasteiger partial charge >= 0.3 is 0 Å². The Balaban J connectivity index is 1.93. The van der Waals surface area contributed by atoms with Crippen LogP contribution in [-0.2, 0) is 10.0 Å². The van der Waals surface area contributed by atoms with Crippen molar-refractivity contribution in [2.75, 3.05) is 11.8 Å². The van der Waals surface area contributed by atoms with Gasteiger partial charge in [-0.1, -0.05) is 0 Å². The predicted molar refractivity (Wildman–Crippen MR) is 82.5 cm³/mol. The number of nitrogens with one attached hydrogen (secondary N) is 1. The zero-order valence-electron chi connectivity index (χ0n) is 12.0. The van der Waals surface area contributed by atoms with Crippen LogP contribution in [0.3, 0.4) is 0 Å². The molecule has 0 spiro atoms. The van der Waals surface area contributed by atoms with Crippen molar-refractivity contribution >= 4 is 26.8 Å². The maximum atomic E-state index is 12.4. The summed E-state index contributed by atoms with van der Waals surface area (Å²) in [5.74, 6) is 0.641. The Kier molecular flexibility index (Phi) is 3.50. The van der Waals surface area contributed by atoms with Crippen LogP contribution in [-0.4, -0.2) is 20.5 Å². The molecule has 114 valence electrons. The van der Waals surface area contributed by atoms with Crippen LogP contribution in [0.5, 0.6) is 5.75 Å². The fourth-order valence-corrected chi connectivity index (χ4v) is 3.28. The summed E-state index contributed by atoms with van der Waals surface area (Å²) in [6, 6.07) is 9.61. The van der Waals surface area contributed by atoms with Crippen molar-refractivity contribution in [1.29, 1.82) is 0 Å². The summed E-state index contributed by atoms with van der Waals surface area (Å²) in [5, 5.41) is 0. The first-order chi connectivity index (χ1) is 10.5. The number of nitrogens with zero attached hydrogens (tertiary/aromatic N) is 1. The predicted octanol–water partition coefficient (Wildman–Crippen LogP) is 2.95. The molecular formula is C15H14N2O4S. The maximum Gasteiger partial charge on any atom is 0.261 e. The van der Waals surface area contributed by atoms with Crippen molar-refractivity contribution in [3.05, 3.63) is 48.4 Å². The Morgan fingerprint density at radius 2 is 2.00 bits per heavy atom. The van der Waals surface area contributed by atoms with Gasteiger partial charge in [-0.3, -0.25) is 4.72 Å². The molecule has 1 aromatic heterocycles. The normalized spacial score (nSPS) is 11.5. The maximum absolute atomic E-state index is 12.4. The van der Waals surface area contributed by atoms with Crippen LogP contribution in [0.2, 0.25) is 0 Å². The van der Waals surface area contributed by atoms with E-state index in [0.29, 0.717) is 22.5 Å². The number of hydrogen-bond acceptors (Lipinski definition) is 5. The third kappa shape index (κ3) is 2.62. The van der Waals surface area contributed by atoms with E-state index in [4.69, 9.17) is 9.15 Å². The Morgan fingerprint density at radius 1 is 1.18 bits per heavy atom. The second-order valence-corrected chi connectivity index (χ2v) is 6.45. The number of rotatable bonds is 4. The zero-order chi connectivity index (χ0) is 15.7. The highest BCUT2D eigenvalue weighted by atomic mass is 32.2. The Morgan fingerprint density at radius 3 is 2.73 bits per heavy atom. The standard InChI is InChI=1S/C15H14N2O4S/c1-10-7-12(4-6-14(10)20-2)22(18,19)17-11-3-5-13-15(8-11)21-9-16-13/h3-9,17H,1-2H3. The van der Waals surface area contributed by atoms with Gasteiger partial charge < -0.3 is 9.15 Å². The minimum absolute atomic E-state index is 0.170. The largest absolute Gasteiger partial charge is 0.496 e. The van der Waals surface area contributed by atoms with E-state index in [1.165, 1.54) is 12.5 Å². The Bertz CT molecular complexity index is 932. The number of methoxy groups -OCH3 is 1. The van der Waals surface area contributed by atoms with Gasteiger partial charge in [0.1, 0.15) is 11.3 Å². The van der Waals surface area contributed by atoms with Gasteiger partial charge in [0.25, 0.3) is 10.0 Å². The molecule has 0 bridgehead atoms. The molecule has 1 heterocycles. The Hall–Kier alpha value is -2.54. The third-order valence-electron chi connectivity index (χ3n) is 3.26. The van der Waals surface area contributed by atoms with E-state index in [2.05, 4.69) is 9.71 Å². The van der Waals surface area contributed by atoms with Crippen LogP contribution >= 0.6 is 0 Å². The summed E-state index contributed by atoms with van der Waals surface area (Å²) in [6.07, 6.45) is 1.32. The number of aryl methyl sites for hydroxylation is 1. The number of aromatic nitrogens is 1. The number of anilines is 1. The van der Waals surface area contributed by atoms with Crippen LogP contribution in [0.1, 0.15) is 5.56 Å². The van der Waals surface area contributed by atoms with Crippen LogP contribution in [0.25, 0.3) is 11.1 Å². The molecule has 0 aliphatic heterocycles. The molecule has 0 aliphatic carbocycles. The summed E-state index contributed by atoms with van der Waals surface area (Å²) in [6.45, 7) is 1.79. The second-order valence-electron chi connectivity index (χ2n) is 4.77. The van der Waals surface area contributed by atoms with Crippen molar-refractivity contribution in [3.8, 4) is 5.75 Å². The van der Waals surface area contributed by atoms with Crippen molar-refractivity contribution in [2.45, 2.75) is 11.8 Å². The van der Waals surface area contributed by atoms with Crippen LogP contribution < -0.4 is 9.46 Å². The molecule has 0 saturated heterocycles. The van der Waals surface area contributed by atoms with Crippen molar-refractivity contribution in [1.82, 2.24) is 4.98 Å². The topological polar surface area (TPSA) is 81.4 Å². The second kappa shape index (κ2) is 5.34. The number of sulfonamides is 1. The van der Waals surface area contributed by atoms with E-state index in [1.807, 2.05) is 0 Å². The first-order valence-corrected chi connectivity index (χ1v) is 7.98. The summed E-state index contributed by atoms with van der Waals surface area (Å²) in [7, 11) is -2.14. The molecule has 22 heavy (non-hydrogen) atoms. The van der Waals surface area contributed by atoms with E-state index >= 15 is 0 Å². The molecule has 1 N–H and O–H groups in total. The molecule has 0 aliphatic rings. The van der Waals surface area contributed by atoms with Crippen molar-refractivity contribution < 1.29 is 17.6 Å². The lowest BCUT2D eigenvalue weighted by molar-refractivity contribution is 0.411. The number of hydrogen-bond donors (Lipinski definition) is 1. The molecule has 2 aromatic carbocycles. The lowest BCUT2D eigenvalue weighted by Gasteiger charge is -2.10. The van der Waals surface area contributed by atoms with Gasteiger partial charge in [-0.25, -0.2) is 13.4 Å². The molecule has 3 aromatic rings. The third-order valence-corrected chi connectivity index (χ3v) is 4.64. The zero-order valence-corrected chi connectivity index (χ0v) is 12.8. The lowest BCUT2D eigenvalue weighted by Crippen LogP contribution is -2.13. The molecule has 6 nitrogen and oxygen atoms in total. The number of oxazole rings is 1. The number of ether oxygens (including phenoxy) is 1. The van der Waals surface area contributed by atoms with Gasteiger partial charge in [0, 0.05) is 6.07 Å². The summed E-state index contributed by atoms with van der Waals surface area (Å²) in [4.78, 5) is 4.16. The lowest BCUT2D eigenvalue weighted by atomic mass is 10.2.